The summed E-state index contributed by atoms with van der Waals surface area (Å²) in [7, 11) is 1.67. The van der Waals surface area contributed by atoms with Crippen LogP contribution in [0.25, 0.3) is 11.0 Å². The van der Waals surface area contributed by atoms with Gasteiger partial charge in [-0.25, -0.2) is 9.78 Å². The molecule has 1 saturated carbocycles. The summed E-state index contributed by atoms with van der Waals surface area (Å²) < 4.78 is 7.30. The number of anilines is 1. The van der Waals surface area contributed by atoms with Crippen molar-refractivity contribution >= 4 is 22.8 Å². The minimum Gasteiger partial charge on any atom is -0.490 e. The molecule has 1 aliphatic heterocycles. The van der Waals surface area contributed by atoms with E-state index in [-0.39, 0.29) is 29.9 Å². The number of aryl methyl sites for hydroxylation is 1. The van der Waals surface area contributed by atoms with E-state index in [1.807, 2.05) is 12.1 Å². The Bertz CT molecular complexity index is 1480. The molecule has 204 valence electrons. The normalized spacial score (nSPS) is 23.8. The molecule has 0 amide bonds. The molecule has 5 rings (SSSR count). The van der Waals surface area contributed by atoms with Crippen LogP contribution in [0.4, 0.5) is 5.82 Å². The maximum Gasteiger partial charge on any atom is 0.349 e. The number of nitriles is 1. The monoisotopic (exact) mass is 530 g/mol. The standard InChI is InChI=1S/C29H34N6O4/c1-5-20-16-35(27-26-24(33(4)29(38)32-27)12-9-19(14-30)31-26)21(6-2)15-34(20)17(3)18-7-10-22(11-8-18)39-25-13-23(25)28(36)37/h7-12,17,20-21,23,25H,5-6,13,15-16H2,1-4H3,(H,36,37)/t17?,20-,21+,23+,25+/m1/s1. The van der Waals surface area contributed by atoms with Gasteiger partial charge in [-0.2, -0.15) is 10.2 Å². The van der Waals surface area contributed by atoms with E-state index in [9.17, 15) is 14.9 Å². The second-order valence-electron chi connectivity index (χ2n) is 10.5. The quantitative estimate of drug-likeness (QED) is 0.466. The van der Waals surface area contributed by atoms with Crippen molar-refractivity contribution in [2.24, 2.45) is 13.0 Å². The van der Waals surface area contributed by atoms with Crippen molar-refractivity contribution in [1.29, 1.82) is 5.26 Å². The summed E-state index contributed by atoms with van der Waals surface area (Å²) in [6.45, 7) is 7.98. The average molecular weight is 531 g/mol. The Hall–Kier alpha value is -3.97. The van der Waals surface area contributed by atoms with Crippen molar-refractivity contribution in [2.45, 2.75) is 64.3 Å². The number of piperazine rings is 1. The van der Waals surface area contributed by atoms with Crippen LogP contribution in [-0.2, 0) is 11.8 Å². The Morgan fingerprint density at radius 3 is 2.46 bits per heavy atom. The largest absolute Gasteiger partial charge is 0.490 e. The first-order chi connectivity index (χ1) is 18.7. The molecule has 2 aromatic heterocycles. The molecule has 1 unspecified atom stereocenters. The van der Waals surface area contributed by atoms with E-state index in [1.54, 1.807) is 19.2 Å². The van der Waals surface area contributed by atoms with Crippen molar-refractivity contribution in [1.82, 2.24) is 19.4 Å². The number of fused-ring (bicyclic) bond motifs is 1. The van der Waals surface area contributed by atoms with Crippen molar-refractivity contribution in [3.05, 3.63) is 58.1 Å². The summed E-state index contributed by atoms with van der Waals surface area (Å²) in [5.41, 5.74) is 2.34. The fraction of sp³-hybridized carbons (Fsp3) is 0.483. The minimum absolute atomic E-state index is 0.107. The molecule has 0 radical (unpaired) electrons. The Balaban J connectivity index is 1.40. The highest BCUT2D eigenvalue weighted by atomic mass is 16.5. The van der Waals surface area contributed by atoms with Gasteiger partial charge in [-0.3, -0.25) is 14.3 Å². The lowest BCUT2D eigenvalue weighted by atomic mass is 9.97. The Labute approximate surface area is 227 Å². The second-order valence-corrected chi connectivity index (χ2v) is 10.5. The van der Waals surface area contributed by atoms with Crippen molar-refractivity contribution in [3.63, 3.8) is 0 Å². The van der Waals surface area contributed by atoms with E-state index in [4.69, 9.17) is 9.84 Å². The van der Waals surface area contributed by atoms with Crippen molar-refractivity contribution in [2.75, 3.05) is 18.0 Å². The maximum atomic E-state index is 12.8. The van der Waals surface area contributed by atoms with Crippen LogP contribution < -0.4 is 15.3 Å². The van der Waals surface area contributed by atoms with E-state index >= 15 is 0 Å². The molecule has 0 spiro atoms. The van der Waals surface area contributed by atoms with Crippen LogP contribution in [0, 0.1) is 17.2 Å². The Morgan fingerprint density at radius 1 is 1.13 bits per heavy atom. The Kier molecular flexibility index (Phi) is 7.28. The molecule has 3 aromatic rings. The number of aliphatic carboxylic acids is 1. The van der Waals surface area contributed by atoms with Crippen molar-refractivity contribution in [3.8, 4) is 11.8 Å². The molecule has 39 heavy (non-hydrogen) atoms. The van der Waals surface area contributed by atoms with Crippen LogP contribution in [0.3, 0.4) is 0 Å². The molecule has 3 heterocycles. The van der Waals surface area contributed by atoms with Crippen LogP contribution in [0.15, 0.2) is 41.2 Å². The number of ether oxygens (including phenoxy) is 1. The third-order valence-electron chi connectivity index (χ3n) is 8.20. The second kappa shape index (κ2) is 10.7. The molecular weight excluding hydrogens is 496 g/mol. The number of carbonyl (C=O) groups is 1. The number of rotatable bonds is 8. The molecule has 10 heteroatoms. The molecule has 2 fully saturated rings. The SMILES string of the molecule is CC[C@H]1CN(C(C)c2ccc(O[C@H]3C[C@@H]3C(=O)O)cc2)[C@H](CC)CN1c1nc(=O)n(C)c2ccc(C#N)nc12. The zero-order valence-corrected chi connectivity index (χ0v) is 22.7. The predicted octanol–water partition coefficient (Wildman–Crippen LogP) is 3.49. The van der Waals surface area contributed by atoms with Gasteiger partial charge in [0.15, 0.2) is 5.82 Å². The summed E-state index contributed by atoms with van der Waals surface area (Å²) in [6, 6.07) is 13.9. The van der Waals surface area contributed by atoms with Crippen LogP contribution in [0.5, 0.6) is 5.75 Å². The fourth-order valence-corrected chi connectivity index (χ4v) is 5.64. The average Bonchev–Trinajstić information content (AvgIpc) is 3.73. The minimum atomic E-state index is -0.805. The summed E-state index contributed by atoms with van der Waals surface area (Å²) >= 11 is 0. The van der Waals surface area contributed by atoms with Crippen LogP contribution in [0.2, 0.25) is 0 Å². The summed E-state index contributed by atoms with van der Waals surface area (Å²) in [5, 5.41) is 18.6. The number of carboxylic acid groups (broad SMARTS) is 1. The fourth-order valence-electron chi connectivity index (χ4n) is 5.64. The molecule has 1 saturated heterocycles. The molecule has 1 N–H and O–H groups in total. The van der Waals surface area contributed by atoms with E-state index in [0.29, 0.717) is 41.3 Å². The van der Waals surface area contributed by atoms with Gasteiger partial charge >= 0.3 is 11.7 Å². The molecule has 10 nitrogen and oxygen atoms in total. The van der Waals surface area contributed by atoms with E-state index in [1.165, 1.54) is 4.57 Å². The number of carboxylic acids is 1. The smallest absolute Gasteiger partial charge is 0.349 e. The zero-order chi connectivity index (χ0) is 27.8. The highest BCUT2D eigenvalue weighted by molar-refractivity contribution is 5.86. The summed E-state index contributed by atoms with van der Waals surface area (Å²) in [5.74, 6) is 0.0232. The number of benzene rings is 1. The van der Waals surface area contributed by atoms with Gasteiger partial charge in [-0.1, -0.05) is 26.0 Å². The topological polar surface area (TPSA) is 125 Å². The highest BCUT2D eigenvalue weighted by Crippen LogP contribution is 2.37. The number of hydrogen-bond acceptors (Lipinski definition) is 8. The number of nitrogens with zero attached hydrogens (tertiary/aromatic N) is 6. The van der Waals surface area contributed by atoms with Crippen LogP contribution in [-0.4, -0.2) is 61.8 Å². The molecule has 0 bridgehead atoms. The molecule has 2 aliphatic rings. The van der Waals surface area contributed by atoms with Crippen LogP contribution >= 0.6 is 0 Å². The summed E-state index contributed by atoms with van der Waals surface area (Å²) in [6.07, 6.45) is 2.08. The third-order valence-corrected chi connectivity index (χ3v) is 8.20. The van der Waals surface area contributed by atoms with Gasteiger partial charge in [0.25, 0.3) is 0 Å². The van der Waals surface area contributed by atoms with Gasteiger partial charge in [-0.15, -0.1) is 0 Å². The summed E-state index contributed by atoms with van der Waals surface area (Å²) in [4.78, 5) is 37.6. The lowest BCUT2D eigenvalue weighted by molar-refractivity contribution is -0.139. The van der Waals surface area contributed by atoms with Crippen molar-refractivity contribution < 1.29 is 14.6 Å². The first-order valence-electron chi connectivity index (χ1n) is 13.5. The van der Waals surface area contributed by atoms with Gasteiger partial charge in [0.1, 0.15) is 29.1 Å². The molecule has 1 aromatic carbocycles. The first kappa shape index (κ1) is 26.6. The number of pyridine rings is 1. The number of aromatic nitrogens is 3. The van der Waals surface area contributed by atoms with Gasteiger partial charge in [0.05, 0.1) is 11.4 Å². The molecular formula is C29H34N6O4. The molecule has 1 aliphatic carbocycles. The van der Waals surface area contributed by atoms with Gasteiger partial charge in [0.2, 0.25) is 0 Å². The third kappa shape index (κ3) is 5.06. The maximum absolute atomic E-state index is 12.8. The van der Waals surface area contributed by atoms with Crippen LogP contribution in [0.1, 0.15) is 57.3 Å². The van der Waals surface area contributed by atoms with Gasteiger partial charge < -0.3 is 14.7 Å². The van der Waals surface area contributed by atoms with Gasteiger partial charge in [0, 0.05) is 44.7 Å². The lowest BCUT2D eigenvalue weighted by Crippen LogP contribution is -2.59. The van der Waals surface area contributed by atoms with E-state index < -0.39 is 11.9 Å². The number of hydrogen-bond donors (Lipinski definition) is 1. The zero-order valence-electron chi connectivity index (χ0n) is 22.7. The van der Waals surface area contributed by atoms with Gasteiger partial charge in [-0.05, 0) is 49.6 Å². The first-order valence-corrected chi connectivity index (χ1v) is 13.5. The lowest BCUT2D eigenvalue weighted by Gasteiger charge is -2.49. The van der Waals surface area contributed by atoms with E-state index in [2.05, 4.69) is 58.7 Å². The highest BCUT2D eigenvalue weighted by Gasteiger charge is 2.45. The van der Waals surface area contributed by atoms with E-state index in [0.717, 1.165) is 24.9 Å². The Morgan fingerprint density at radius 2 is 1.85 bits per heavy atom. The molecule has 5 atom stereocenters. The predicted molar refractivity (Wildman–Crippen MR) is 147 cm³/mol.